The third-order valence-electron chi connectivity index (χ3n) is 5.54. The van der Waals surface area contributed by atoms with Gasteiger partial charge in [-0.15, -0.1) is 0 Å². The Morgan fingerprint density at radius 3 is 2.67 bits per heavy atom. The number of nitrogens with zero attached hydrogens (tertiary/aromatic N) is 5. The Morgan fingerprint density at radius 1 is 1.26 bits per heavy atom. The summed E-state index contributed by atoms with van der Waals surface area (Å²) in [5.74, 6) is -0.415. The van der Waals surface area contributed by atoms with E-state index >= 15 is 0 Å². The number of carbonyl (C=O) groups excluding carboxylic acids is 3. The van der Waals surface area contributed by atoms with Crippen molar-refractivity contribution in [3.8, 4) is 0 Å². The third-order valence-corrected chi connectivity index (χ3v) is 5.54. The van der Waals surface area contributed by atoms with Gasteiger partial charge in [0.05, 0.1) is 11.6 Å². The molecule has 3 fully saturated rings. The topological polar surface area (TPSA) is 78.8 Å². The van der Waals surface area contributed by atoms with Crippen molar-refractivity contribution in [1.82, 2.24) is 24.5 Å². The molecule has 0 radical (unpaired) electrons. The minimum atomic E-state index is -0.231. The van der Waals surface area contributed by atoms with Gasteiger partial charge >= 0.3 is 0 Å². The van der Waals surface area contributed by atoms with E-state index in [9.17, 15) is 14.4 Å². The zero-order valence-corrected chi connectivity index (χ0v) is 16.6. The lowest BCUT2D eigenvalue weighted by atomic mass is 9.94. The van der Waals surface area contributed by atoms with Crippen LogP contribution in [0.5, 0.6) is 0 Å². The van der Waals surface area contributed by atoms with Crippen molar-refractivity contribution in [3.05, 3.63) is 17.5 Å². The van der Waals surface area contributed by atoms with Gasteiger partial charge in [0.2, 0.25) is 11.8 Å². The summed E-state index contributed by atoms with van der Waals surface area (Å²) in [4.78, 5) is 43.0. The van der Waals surface area contributed by atoms with E-state index in [4.69, 9.17) is 0 Å². The molecule has 3 saturated heterocycles. The van der Waals surface area contributed by atoms with Crippen molar-refractivity contribution < 1.29 is 14.4 Å². The van der Waals surface area contributed by atoms with Crippen LogP contribution >= 0.6 is 0 Å². The van der Waals surface area contributed by atoms with Crippen LogP contribution < -0.4 is 0 Å². The number of amides is 3. The molecule has 27 heavy (non-hydrogen) atoms. The van der Waals surface area contributed by atoms with Gasteiger partial charge in [-0.3, -0.25) is 19.1 Å². The fourth-order valence-electron chi connectivity index (χ4n) is 3.97. The number of aryl methyl sites for hydroxylation is 2. The zero-order chi connectivity index (χ0) is 19.7. The number of likely N-dealkylation sites (N-methyl/N-ethyl adjacent to an activating group) is 1. The number of fused-ring (bicyclic) bond motifs is 4. The first-order chi connectivity index (χ1) is 12.8. The molecule has 1 aromatic heterocycles. The molecule has 0 spiro atoms. The highest BCUT2D eigenvalue weighted by Gasteiger charge is 2.43. The Morgan fingerprint density at radius 2 is 2.00 bits per heavy atom. The van der Waals surface area contributed by atoms with Crippen LogP contribution in [0.2, 0.25) is 0 Å². The summed E-state index contributed by atoms with van der Waals surface area (Å²) in [5, 5.41) is 4.42. The van der Waals surface area contributed by atoms with E-state index in [0.717, 1.165) is 31.4 Å². The van der Waals surface area contributed by atoms with Gasteiger partial charge < -0.3 is 14.7 Å². The summed E-state index contributed by atoms with van der Waals surface area (Å²) in [5.41, 5.74) is 1.47. The molecule has 4 heterocycles. The predicted octanol–water partition coefficient (Wildman–Crippen LogP) is 0.524. The molecule has 2 atom stereocenters. The molecule has 0 saturated carbocycles. The molecule has 1 aromatic rings. The minimum Gasteiger partial charge on any atom is -0.347 e. The second-order valence-corrected chi connectivity index (χ2v) is 7.79. The molecule has 0 aliphatic carbocycles. The molecule has 3 aliphatic rings. The van der Waals surface area contributed by atoms with Crippen LogP contribution in [0.25, 0.3) is 0 Å². The molecule has 148 valence electrons. The van der Waals surface area contributed by atoms with E-state index in [2.05, 4.69) is 12.0 Å². The van der Waals surface area contributed by atoms with Gasteiger partial charge in [-0.1, -0.05) is 13.3 Å². The van der Waals surface area contributed by atoms with Crippen LogP contribution in [-0.2, 0) is 23.1 Å². The summed E-state index contributed by atoms with van der Waals surface area (Å²) in [6, 6.07) is 1.75. The molecule has 0 N–H and O–H groups in total. The quantitative estimate of drug-likeness (QED) is 0.752. The van der Waals surface area contributed by atoms with E-state index in [0.29, 0.717) is 18.8 Å². The Hall–Kier alpha value is -2.38. The smallest absolute Gasteiger partial charge is 0.272 e. The van der Waals surface area contributed by atoms with Crippen molar-refractivity contribution in [2.75, 3.05) is 33.7 Å². The lowest BCUT2D eigenvalue weighted by Gasteiger charge is -2.35. The van der Waals surface area contributed by atoms with Gasteiger partial charge in [0.25, 0.3) is 5.91 Å². The van der Waals surface area contributed by atoms with Gasteiger partial charge in [0, 0.05) is 40.3 Å². The maximum Gasteiger partial charge on any atom is 0.272 e. The van der Waals surface area contributed by atoms with Crippen molar-refractivity contribution >= 4 is 17.7 Å². The van der Waals surface area contributed by atoms with Crippen molar-refractivity contribution in [2.45, 2.75) is 38.6 Å². The van der Waals surface area contributed by atoms with Gasteiger partial charge in [-0.25, -0.2) is 0 Å². The van der Waals surface area contributed by atoms with E-state index in [-0.39, 0.29) is 36.2 Å². The molecular weight excluding hydrogens is 346 g/mol. The van der Waals surface area contributed by atoms with Gasteiger partial charge in [0.1, 0.15) is 12.2 Å². The Labute approximate surface area is 160 Å². The van der Waals surface area contributed by atoms with Crippen LogP contribution in [-0.4, -0.2) is 82.0 Å². The van der Waals surface area contributed by atoms with Crippen LogP contribution in [0.1, 0.15) is 42.4 Å². The molecule has 0 aromatic carbocycles. The van der Waals surface area contributed by atoms with Crippen LogP contribution in [0, 0.1) is 5.92 Å². The standard InChI is InChI=1S/C19H29N5O3/c1-5-6-14-9-16(22(4)20-14)19(27)23-10-13-7-8-15(11-23)24(18(13)26)12-17(25)21(2)3/h9,13,15H,5-8,10-12H2,1-4H3. The first kappa shape index (κ1) is 19.4. The van der Waals surface area contributed by atoms with Crippen LogP contribution in [0.15, 0.2) is 6.07 Å². The molecule has 3 aliphatic heterocycles. The maximum absolute atomic E-state index is 13.1. The minimum absolute atomic E-state index is 0.00609. The Bertz CT molecular complexity index is 742. The highest BCUT2D eigenvalue weighted by molar-refractivity contribution is 5.94. The second-order valence-electron chi connectivity index (χ2n) is 7.79. The molecule has 8 nitrogen and oxygen atoms in total. The van der Waals surface area contributed by atoms with Crippen LogP contribution in [0.4, 0.5) is 0 Å². The van der Waals surface area contributed by atoms with Gasteiger partial charge in [0.15, 0.2) is 0 Å². The lowest BCUT2D eigenvalue weighted by Crippen LogP contribution is -2.51. The average Bonchev–Trinajstić information content (AvgIpc) is 2.80. The summed E-state index contributed by atoms with van der Waals surface area (Å²) < 4.78 is 1.63. The van der Waals surface area contributed by atoms with Crippen LogP contribution in [0.3, 0.4) is 0 Å². The number of piperidine rings is 1. The average molecular weight is 375 g/mol. The third kappa shape index (κ3) is 3.84. The summed E-state index contributed by atoms with van der Waals surface area (Å²) in [6.45, 7) is 3.05. The maximum atomic E-state index is 13.1. The normalized spacial score (nSPS) is 22.1. The zero-order valence-electron chi connectivity index (χ0n) is 16.6. The molecule has 8 heteroatoms. The number of rotatable bonds is 5. The molecule has 3 amide bonds. The number of carbonyl (C=O) groups is 3. The SMILES string of the molecule is CCCc1cc(C(=O)N2CC3CCC(C2)N(CC(=O)N(C)C)C3=O)n(C)n1. The summed E-state index contributed by atoms with van der Waals surface area (Å²) in [6.07, 6.45) is 3.41. The second kappa shape index (κ2) is 7.70. The summed E-state index contributed by atoms with van der Waals surface area (Å²) in [7, 11) is 5.16. The summed E-state index contributed by atoms with van der Waals surface area (Å²) >= 11 is 0. The molecular formula is C19H29N5O3. The highest BCUT2D eigenvalue weighted by Crippen LogP contribution is 2.30. The number of hydrogen-bond acceptors (Lipinski definition) is 4. The van der Waals surface area contributed by atoms with E-state index in [1.165, 1.54) is 4.90 Å². The largest absolute Gasteiger partial charge is 0.347 e. The van der Waals surface area contributed by atoms with Crippen molar-refractivity contribution in [2.24, 2.45) is 13.0 Å². The van der Waals surface area contributed by atoms with Crippen molar-refractivity contribution in [3.63, 3.8) is 0 Å². The Balaban J connectivity index is 1.79. The fraction of sp³-hybridized carbons (Fsp3) is 0.684. The number of hydrogen-bond donors (Lipinski definition) is 0. The molecule has 2 bridgehead atoms. The first-order valence-corrected chi connectivity index (χ1v) is 9.64. The highest BCUT2D eigenvalue weighted by atomic mass is 16.2. The van der Waals surface area contributed by atoms with Gasteiger partial charge in [-0.2, -0.15) is 5.10 Å². The van der Waals surface area contributed by atoms with E-state index < -0.39 is 0 Å². The Kier molecular flexibility index (Phi) is 5.53. The molecule has 4 rings (SSSR count). The monoisotopic (exact) mass is 375 g/mol. The van der Waals surface area contributed by atoms with E-state index in [1.807, 2.05) is 6.07 Å². The van der Waals surface area contributed by atoms with Crippen molar-refractivity contribution in [1.29, 1.82) is 0 Å². The fourth-order valence-corrected chi connectivity index (χ4v) is 3.97. The predicted molar refractivity (Wildman–Crippen MR) is 100 cm³/mol. The van der Waals surface area contributed by atoms with E-state index in [1.54, 1.807) is 35.6 Å². The van der Waals surface area contributed by atoms with Gasteiger partial charge in [-0.05, 0) is 25.3 Å². The number of aromatic nitrogens is 2. The first-order valence-electron chi connectivity index (χ1n) is 9.64. The molecule has 2 unspecified atom stereocenters. The lowest BCUT2D eigenvalue weighted by molar-refractivity contribution is -0.145.